The monoisotopic (exact) mass is 263 g/mol. The standard InChI is InChI=1S/C12H13N3O2S/c1-17-12(16)10-4-8(13)2-3-11(10)14-5-9-6-18-7-15-9/h2-4,6-7,14H,5,13H2,1H3. The second-order valence-electron chi connectivity index (χ2n) is 3.63. The van der Waals surface area contributed by atoms with Crippen LogP contribution in [0.25, 0.3) is 0 Å². The Morgan fingerprint density at radius 2 is 2.39 bits per heavy atom. The molecule has 0 aliphatic rings. The van der Waals surface area contributed by atoms with Gasteiger partial charge in [-0.15, -0.1) is 11.3 Å². The summed E-state index contributed by atoms with van der Waals surface area (Å²) < 4.78 is 4.72. The van der Waals surface area contributed by atoms with E-state index in [-0.39, 0.29) is 0 Å². The summed E-state index contributed by atoms with van der Waals surface area (Å²) in [5, 5.41) is 5.09. The van der Waals surface area contributed by atoms with Crippen LogP contribution in [0.2, 0.25) is 0 Å². The van der Waals surface area contributed by atoms with Crippen LogP contribution in [0, 0.1) is 0 Å². The fourth-order valence-electron chi connectivity index (χ4n) is 1.51. The number of nitrogen functional groups attached to an aromatic ring is 1. The van der Waals surface area contributed by atoms with Gasteiger partial charge in [-0.2, -0.15) is 0 Å². The molecule has 6 heteroatoms. The minimum atomic E-state index is -0.414. The molecule has 18 heavy (non-hydrogen) atoms. The number of thiazole rings is 1. The molecule has 0 saturated heterocycles. The largest absolute Gasteiger partial charge is 0.465 e. The first-order valence-corrected chi connectivity index (χ1v) is 6.24. The molecule has 0 amide bonds. The van der Waals surface area contributed by atoms with Crippen molar-refractivity contribution in [2.75, 3.05) is 18.2 Å². The average Bonchev–Trinajstić information content (AvgIpc) is 2.89. The van der Waals surface area contributed by atoms with Crippen molar-refractivity contribution >= 4 is 28.7 Å². The highest BCUT2D eigenvalue weighted by Crippen LogP contribution is 2.20. The summed E-state index contributed by atoms with van der Waals surface area (Å²) in [7, 11) is 1.34. The van der Waals surface area contributed by atoms with E-state index in [1.54, 1.807) is 23.7 Å². The Balaban J connectivity index is 2.18. The number of rotatable bonds is 4. The summed E-state index contributed by atoms with van der Waals surface area (Å²) >= 11 is 1.53. The Kier molecular flexibility index (Phi) is 3.78. The Morgan fingerprint density at radius 1 is 1.56 bits per heavy atom. The lowest BCUT2D eigenvalue weighted by molar-refractivity contribution is 0.0602. The second-order valence-corrected chi connectivity index (χ2v) is 4.35. The molecule has 94 valence electrons. The van der Waals surface area contributed by atoms with Crippen molar-refractivity contribution in [3.05, 3.63) is 40.3 Å². The topological polar surface area (TPSA) is 77.2 Å². The van der Waals surface area contributed by atoms with Crippen molar-refractivity contribution in [1.82, 2.24) is 4.98 Å². The Bertz CT molecular complexity index is 540. The van der Waals surface area contributed by atoms with Gasteiger partial charge in [0.05, 0.1) is 30.4 Å². The predicted molar refractivity (Wildman–Crippen MR) is 71.6 cm³/mol. The normalized spacial score (nSPS) is 10.1. The maximum Gasteiger partial charge on any atom is 0.340 e. The van der Waals surface area contributed by atoms with Gasteiger partial charge in [0.15, 0.2) is 0 Å². The highest BCUT2D eigenvalue weighted by molar-refractivity contribution is 7.07. The molecular weight excluding hydrogens is 250 g/mol. The van der Waals surface area contributed by atoms with E-state index in [1.807, 2.05) is 5.38 Å². The molecule has 0 bridgehead atoms. The Hall–Kier alpha value is -2.08. The van der Waals surface area contributed by atoms with Gasteiger partial charge in [-0.3, -0.25) is 0 Å². The van der Waals surface area contributed by atoms with Gasteiger partial charge >= 0.3 is 5.97 Å². The molecule has 1 aromatic heterocycles. The van der Waals surface area contributed by atoms with Crippen LogP contribution in [0.15, 0.2) is 29.1 Å². The number of benzene rings is 1. The summed E-state index contributed by atoms with van der Waals surface area (Å²) in [4.78, 5) is 15.8. The lowest BCUT2D eigenvalue weighted by atomic mass is 10.1. The first-order valence-electron chi connectivity index (χ1n) is 5.29. The lowest BCUT2D eigenvalue weighted by Gasteiger charge is -2.10. The van der Waals surface area contributed by atoms with E-state index in [9.17, 15) is 4.79 Å². The fraction of sp³-hybridized carbons (Fsp3) is 0.167. The van der Waals surface area contributed by atoms with E-state index in [2.05, 4.69) is 10.3 Å². The van der Waals surface area contributed by atoms with Gasteiger partial charge in [-0.1, -0.05) is 0 Å². The van der Waals surface area contributed by atoms with Crippen LogP contribution in [-0.4, -0.2) is 18.1 Å². The molecule has 1 aromatic carbocycles. The number of nitrogens with two attached hydrogens (primary N) is 1. The smallest absolute Gasteiger partial charge is 0.340 e. The number of anilines is 2. The zero-order valence-electron chi connectivity index (χ0n) is 9.84. The summed E-state index contributed by atoms with van der Waals surface area (Å²) in [6.07, 6.45) is 0. The second kappa shape index (κ2) is 5.50. The number of methoxy groups -OCH3 is 1. The Labute approximate surface area is 109 Å². The number of esters is 1. The summed E-state index contributed by atoms with van der Waals surface area (Å²) in [6, 6.07) is 5.08. The third-order valence-corrected chi connectivity index (χ3v) is 3.03. The van der Waals surface area contributed by atoms with Crippen molar-refractivity contribution < 1.29 is 9.53 Å². The zero-order chi connectivity index (χ0) is 13.0. The molecule has 2 rings (SSSR count). The van der Waals surface area contributed by atoms with Gasteiger partial charge in [0, 0.05) is 16.8 Å². The molecule has 5 nitrogen and oxygen atoms in total. The number of nitrogens with zero attached hydrogens (tertiary/aromatic N) is 1. The number of ether oxygens (including phenoxy) is 1. The molecule has 0 unspecified atom stereocenters. The van der Waals surface area contributed by atoms with Gasteiger partial charge < -0.3 is 15.8 Å². The van der Waals surface area contributed by atoms with Crippen LogP contribution < -0.4 is 11.1 Å². The molecule has 0 atom stereocenters. The molecule has 0 aliphatic heterocycles. The van der Waals surface area contributed by atoms with E-state index < -0.39 is 5.97 Å². The predicted octanol–water partition coefficient (Wildman–Crippen LogP) is 2.12. The Morgan fingerprint density at radius 3 is 3.06 bits per heavy atom. The number of hydrogen-bond acceptors (Lipinski definition) is 6. The molecule has 2 aromatic rings. The molecule has 0 spiro atoms. The van der Waals surface area contributed by atoms with Crippen molar-refractivity contribution in [3.63, 3.8) is 0 Å². The zero-order valence-corrected chi connectivity index (χ0v) is 10.7. The minimum Gasteiger partial charge on any atom is -0.465 e. The van der Waals surface area contributed by atoms with Crippen molar-refractivity contribution in [3.8, 4) is 0 Å². The summed E-state index contributed by atoms with van der Waals surface area (Å²) in [5.74, 6) is -0.414. The third-order valence-electron chi connectivity index (χ3n) is 2.39. The van der Waals surface area contributed by atoms with Crippen molar-refractivity contribution in [1.29, 1.82) is 0 Å². The van der Waals surface area contributed by atoms with E-state index in [0.29, 0.717) is 23.5 Å². The molecule has 0 aliphatic carbocycles. The quantitative estimate of drug-likeness (QED) is 0.652. The van der Waals surface area contributed by atoms with Crippen LogP contribution in [0.1, 0.15) is 16.1 Å². The van der Waals surface area contributed by atoms with Crippen LogP contribution in [0.5, 0.6) is 0 Å². The maximum absolute atomic E-state index is 11.6. The first-order chi connectivity index (χ1) is 8.70. The van der Waals surface area contributed by atoms with Gasteiger partial charge in [0.2, 0.25) is 0 Å². The number of nitrogens with one attached hydrogen (secondary N) is 1. The summed E-state index contributed by atoms with van der Waals surface area (Å²) in [6.45, 7) is 0.553. The SMILES string of the molecule is COC(=O)c1cc(N)ccc1NCc1cscn1. The average molecular weight is 263 g/mol. The number of carbonyl (C=O) groups excluding carboxylic acids is 1. The van der Waals surface area contributed by atoms with Crippen LogP contribution in [-0.2, 0) is 11.3 Å². The molecule has 0 fully saturated rings. The molecule has 0 saturated carbocycles. The van der Waals surface area contributed by atoms with Crippen LogP contribution in [0.3, 0.4) is 0 Å². The molecular formula is C12H13N3O2S. The van der Waals surface area contributed by atoms with Gasteiger partial charge in [-0.05, 0) is 18.2 Å². The maximum atomic E-state index is 11.6. The van der Waals surface area contributed by atoms with E-state index in [4.69, 9.17) is 10.5 Å². The fourth-order valence-corrected chi connectivity index (χ4v) is 2.06. The van der Waals surface area contributed by atoms with Crippen LogP contribution >= 0.6 is 11.3 Å². The van der Waals surface area contributed by atoms with E-state index in [0.717, 1.165) is 5.69 Å². The van der Waals surface area contributed by atoms with Gasteiger partial charge in [0.1, 0.15) is 0 Å². The highest BCUT2D eigenvalue weighted by Gasteiger charge is 2.12. The van der Waals surface area contributed by atoms with Crippen LogP contribution in [0.4, 0.5) is 11.4 Å². The number of carbonyl (C=O) groups is 1. The van der Waals surface area contributed by atoms with Crippen molar-refractivity contribution in [2.45, 2.75) is 6.54 Å². The van der Waals surface area contributed by atoms with Gasteiger partial charge in [0.25, 0.3) is 0 Å². The van der Waals surface area contributed by atoms with Gasteiger partial charge in [-0.25, -0.2) is 9.78 Å². The molecule has 1 heterocycles. The highest BCUT2D eigenvalue weighted by atomic mass is 32.1. The minimum absolute atomic E-state index is 0.414. The van der Waals surface area contributed by atoms with E-state index in [1.165, 1.54) is 18.4 Å². The lowest BCUT2D eigenvalue weighted by Crippen LogP contribution is -2.09. The third kappa shape index (κ3) is 2.78. The van der Waals surface area contributed by atoms with E-state index >= 15 is 0 Å². The molecule has 0 radical (unpaired) electrons. The number of hydrogen-bond donors (Lipinski definition) is 2. The number of aromatic nitrogens is 1. The first kappa shape index (κ1) is 12.4. The van der Waals surface area contributed by atoms with Crippen molar-refractivity contribution in [2.24, 2.45) is 0 Å². The molecule has 3 N–H and O–H groups in total. The summed E-state index contributed by atoms with van der Waals surface area (Å²) in [5.41, 5.74) is 9.98.